The third-order valence-corrected chi connectivity index (χ3v) is 4.85. The Bertz CT molecular complexity index is 766. The number of sulfonamides is 1. The third-order valence-electron chi connectivity index (χ3n) is 3.05. The van der Waals surface area contributed by atoms with Gasteiger partial charge in [0.15, 0.2) is 6.10 Å². The first kappa shape index (κ1) is 21.9. The minimum Gasteiger partial charge on any atom is -0.451 e. The number of hydrogen-bond acceptors (Lipinski definition) is 6. The van der Waals surface area contributed by atoms with Crippen LogP contribution < -0.4 is 15.4 Å². The molecular formula is C15H20ClN3O6S. The number of halogens is 1. The molecule has 11 heteroatoms. The average Bonchev–Trinajstić information content (AvgIpc) is 2.54. The fourth-order valence-electron chi connectivity index (χ4n) is 1.71. The van der Waals surface area contributed by atoms with E-state index in [0.717, 1.165) is 0 Å². The smallest absolute Gasteiger partial charge is 0.324 e. The van der Waals surface area contributed by atoms with E-state index in [4.69, 9.17) is 16.3 Å². The molecule has 26 heavy (non-hydrogen) atoms. The molecule has 0 radical (unpaired) electrons. The van der Waals surface area contributed by atoms with Crippen molar-refractivity contribution in [2.24, 2.45) is 0 Å². The van der Waals surface area contributed by atoms with Crippen LogP contribution in [0.2, 0.25) is 5.02 Å². The van der Waals surface area contributed by atoms with E-state index < -0.39 is 40.1 Å². The Morgan fingerprint density at radius 2 is 1.73 bits per heavy atom. The van der Waals surface area contributed by atoms with Crippen LogP contribution in [0.5, 0.6) is 0 Å². The number of amides is 3. The third kappa shape index (κ3) is 6.62. The highest BCUT2D eigenvalue weighted by Gasteiger charge is 2.26. The van der Waals surface area contributed by atoms with Crippen LogP contribution in [0.1, 0.15) is 20.8 Å². The molecule has 0 heterocycles. The fourth-order valence-corrected chi connectivity index (χ4v) is 3.03. The van der Waals surface area contributed by atoms with Crippen molar-refractivity contribution in [2.45, 2.75) is 37.8 Å². The lowest BCUT2D eigenvalue weighted by Gasteiger charge is -2.17. The van der Waals surface area contributed by atoms with Crippen molar-refractivity contribution in [3.63, 3.8) is 0 Å². The molecule has 1 aromatic rings. The number of carbonyl (C=O) groups excluding carboxylic acids is 3. The molecule has 2 atom stereocenters. The second kappa shape index (κ2) is 9.51. The van der Waals surface area contributed by atoms with E-state index in [1.54, 1.807) is 6.92 Å². The van der Waals surface area contributed by atoms with Gasteiger partial charge in [0.2, 0.25) is 10.0 Å². The lowest BCUT2D eigenvalue weighted by atomic mass is 10.3. The van der Waals surface area contributed by atoms with E-state index in [0.29, 0.717) is 11.6 Å². The largest absolute Gasteiger partial charge is 0.451 e. The number of nitrogens with one attached hydrogen (secondary N) is 3. The summed E-state index contributed by atoms with van der Waals surface area (Å²) in [6.45, 7) is 4.51. The van der Waals surface area contributed by atoms with E-state index in [9.17, 15) is 22.8 Å². The summed E-state index contributed by atoms with van der Waals surface area (Å²) in [6, 6.07) is 3.38. The van der Waals surface area contributed by atoms with Gasteiger partial charge in [0, 0.05) is 11.6 Å². The van der Waals surface area contributed by atoms with E-state index >= 15 is 0 Å². The number of benzene rings is 1. The Morgan fingerprint density at radius 1 is 1.15 bits per heavy atom. The van der Waals surface area contributed by atoms with Crippen molar-refractivity contribution in [3.05, 3.63) is 29.3 Å². The van der Waals surface area contributed by atoms with Gasteiger partial charge in [-0.1, -0.05) is 11.6 Å². The zero-order valence-corrected chi connectivity index (χ0v) is 16.0. The average molecular weight is 406 g/mol. The summed E-state index contributed by atoms with van der Waals surface area (Å²) in [6.07, 6.45) is -1.28. The molecule has 0 aliphatic carbocycles. The Hall–Kier alpha value is -2.17. The van der Waals surface area contributed by atoms with Gasteiger partial charge in [0.25, 0.3) is 5.91 Å². The molecule has 0 aliphatic rings. The molecule has 3 N–H and O–H groups in total. The molecule has 0 aliphatic heterocycles. The molecule has 0 bridgehead atoms. The van der Waals surface area contributed by atoms with Gasteiger partial charge in [-0.3, -0.25) is 14.9 Å². The summed E-state index contributed by atoms with van der Waals surface area (Å²) in [5.74, 6) is -1.81. The summed E-state index contributed by atoms with van der Waals surface area (Å²) in [7, 11) is -3.98. The maximum atomic E-state index is 12.2. The summed E-state index contributed by atoms with van der Waals surface area (Å²) in [5, 5.41) is 4.70. The molecule has 0 spiro atoms. The maximum Gasteiger partial charge on any atom is 0.324 e. The van der Waals surface area contributed by atoms with Crippen LogP contribution in [0.15, 0.2) is 29.2 Å². The minimum atomic E-state index is -3.98. The van der Waals surface area contributed by atoms with Crippen LogP contribution in [0.4, 0.5) is 4.79 Å². The predicted octanol–water partition coefficient (Wildman–Crippen LogP) is 0.784. The van der Waals surface area contributed by atoms with Crippen molar-refractivity contribution in [2.75, 3.05) is 6.54 Å². The molecule has 0 saturated heterocycles. The quantitative estimate of drug-likeness (QED) is 0.574. The van der Waals surface area contributed by atoms with Crippen molar-refractivity contribution in [1.82, 2.24) is 15.4 Å². The molecule has 9 nitrogen and oxygen atoms in total. The summed E-state index contributed by atoms with van der Waals surface area (Å²) < 4.78 is 31.4. The molecule has 1 aromatic carbocycles. The van der Waals surface area contributed by atoms with Crippen molar-refractivity contribution >= 4 is 39.5 Å². The standard InChI is InChI=1S/C15H20ClN3O6S/c1-4-17-15(22)18-13(20)10(3)25-14(21)9(2)19-26(23,24)12-7-5-11(16)6-8-12/h5-10,19H,4H2,1-3H3,(H2,17,18,20,22)/t9-,10-/m1/s1. The number of imide groups is 1. The first-order valence-electron chi connectivity index (χ1n) is 7.64. The normalized spacial score (nSPS) is 13.4. The van der Waals surface area contributed by atoms with Crippen LogP contribution in [-0.2, 0) is 24.3 Å². The fraction of sp³-hybridized carbons (Fsp3) is 0.400. The molecule has 0 unspecified atom stereocenters. The highest BCUT2D eigenvalue weighted by Crippen LogP contribution is 2.14. The summed E-state index contributed by atoms with van der Waals surface area (Å²) in [4.78, 5) is 34.9. The predicted molar refractivity (Wildman–Crippen MR) is 94.0 cm³/mol. The van der Waals surface area contributed by atoms with Gasteiger partial charge in [0.05, 0.1) is 4.90 Å². The van der Waals surface area contributed by atoms with Gasteiger partial charge < -0.3 is 10.1 Å². The molecule has 1 rings (SSSR count). The lowest BCUT2D eigenvalue weighted by Crippen LogP contribution is -2.46. The number of rotatable bonds is 7. The van der Waals surface area contributed by atoms with Crippen LogP contribution in [-0.4, -0.2) is 45.0 Å². The van der Waals surface area contributed by atoms with Gasteiger partial charge in [-0.25, -0.2) is 13.2 Å². The first-order chi connectivity index (χ1) is 12.1. The summed E-state index contributed by atoms with van der Waals surface area (Å²) in [5.41, 5.74) is 0. The van der Waals surface area contributed by atoms with Crippen molar-refractivity contribution < 1.29 is 27.5 Å². The second-order valence-corrected chi connectivity index (χ2v) is 7.38. The molecular weight excluding hydrogens is 386 g/mol. The van der Waals surface area contributed by atoms with E-state index in [-0.39, 0.29) is 4.90 Å². The lowest BCUT2D eigenvalue weighted by molar-refractivity contribution is -0.155. The van der Waals surface area contributed by atoms with Crippen LogP contribution in [0, 0.1) is 0 Å². The number of urea groups is 1. The Balaban J connectivity index is 2.65. The SMILES string of the molecule is CCNC(=O)NC(=O)[C@@H](C)OC(=O)[C@@H](C)NS(=O)(=O)c1ccc(Cl)cc1. The monoisotopic (exact) mass is 405 g/mol. The van der Waals surface area contributed by atoms with Gasteiger partial charge in [-0.2, -0.15) is 4.72 Å². The zero-order chi connectivity index (χ0) is 19.9. The molecule has 0 saturated carbocycles. The highest BCUT2D eigenvalue weighted by molar-refractivity contribution is 7.89. The van der Waals surface area contributed by atoms with Gasteiger partial charge in [0.1, 0.15) is 6.04 Å². The van der Waals surface area contributed by atoms with Gasteiger partial charge in [-0.15, -0.1) is 0 Å². The second-order valence-electron chi connectivity index (χ2n) is 5.22. The first-order valence-corrected chi connectivity index (χ1v) is 9.50. The van der Waals surface area contributed by atoms with Crippen LogP contribution in [0.3, 0.4) is 0 Å². The Kier molecular flexibility index (Phi) is 8.00. The summed E-state index contributed by atoms with van der Waals surface area (Å²) >= 11 is 5.70. The Morgan fingerprint density at radius 3 is 2.27 bits per heavy atom. The molecule has 0 aromatic heterocycles. The number of carbonyl (C=O) groups is 3. The van der Waals surface area contributed by atoms with Crippen molar-refractivity contribution in [1.29, 1.82) is 0 Å². The van der Waals surface area contributed by atoms with Crippen molar-refractivity contribution in [3.8, 4) is 0 Å². The Labute approximate surface area is 156 Å². The molecule has 0 fully saturated rings. The van der Waals surface area contributed by atoms with E-state index in [1.807, 2.05) is 5.32 Å². The van der Waals surface area contributed by atoms with Gasteiger partial charge in [-0.05, 0) is 45.0 Å². The highest BCUT2D eigenvalue weighted by atomic mass is 35.5. The van der Waals surface area contributed by atoms with Crippen LogP contribution >= 0.6 is 11.6 Å². The van der Waals surface area contributed by atoms with E-state index in [1.165, 1.54) is 38.1 Å². The number of ether oxygens (including phenoxy) is 1. The number of hydrogen-bond donors (Lipinski definition) is 3. The maximum absolute atomic E-state index is 12.2. The molecule has 3 amide bonds. The van der Waals surface area contributed by atoms with Gasteiger partial charge >= 0.3 is 12.0 Å². The van der Waals surface area contributed by atoms with E-state index in [2.05, 4.69) is 10.0 Å². The number of esters is 1. The topological polar surface area (TPSA) is 131 Å². The zero-order valence-electron chi connectivity index (χ0n) is 14.4. The minimum absolute atomic E-state index is 0.0800. The molecule has 144 valence electrons. The van der Waals surface area contributed by atoms with Crippen LogP contribution in [0.25, 0.3) is 0 Å².